The zero-order valence-electron chi connectivity index (χ0n) is 14.1. The van der Waals surface area contributed by atoms with Crippen LogP contribution in [0.3, 0.4) is 0 Å². The maximum absolute atomic E-state index is 13.0. The molecule has 0 unspecified atom stereocenters. The summed E-state index contributed by atoms with van der Waals surface area (Å²) < 4.78 is 43.1. The molecule has 1 aromatic carbocycles. The second-order valence-electron chi connectivity index (χ2n) is 6.80. The summed E-state index contributed by atoms with van der Waals surface area (Å²) >= 11 is 0. The van der Waals surface area contributed by atoms with Crippen molar-refractivity contribution >= 4 is 11.0 Å². The van der Waals surface area contributed by atoms with E-state index in [9.17, 15) is 13.2 Å². The first kappa shape index (κ1) is 16.2. The second kappa shape index (κ2) is 5.93. The maximum atomic E-state index is 13.0. The van der Waals surface area contributed by atoms with E-state index in [-0.39, 0.29) is 0 Å². The number of fused-ring (bicyclic) bond motifs is 1. The number of aromatic nitrogens is 3. The predicted molar refractivity (Wildman–Crippen MR) is 90.5 cm³/mol. The summed E-state index contributed by atoms with van der Waals surface area (Å²) in [5.74, 6) is 1.27. The number of benzene rings is 1. The molecule has 2 heterocycles. The Bertz CT molecular complexity index is 900. The number of aryl methyl sites for hydroxylation is 1. The summed E-state index contributed by atoms with van der Waals surface area (Å²) in [5, 5.41) is 0. The number of nitrogens with zero attached hydrogens (tertiary/aromatic N) is 3. The van der Waals surface area contributed by atoms with Crippen molar-refractivity contribution in [3.8, 4) is 0 Å². The lowest BCUT2D eigenvalue weighted by Crippen LogP contribution is -2.09. The van der Waals surface area contributed by atoms with Gasteiger partial charge in [0, 0.05) is 18.3 Å². The molecule has 25 heavy (non-hydrogen) atoms. The van der Waals surface area contributed by atoms with Crippen molar-refractivity contribution in [1.29, 1.82) is 0 Å². The van der Waals surface area contributed by atoms with Gasteiger partial charge in [-0.2, -0.15) is 13.2 Å². The summed E-state index contributed by atoms with van der Waals surface area (Å²) in [5.41, 5.74) is 1.83. The van der Waals surface area contributed by atoms with Gasteiger partial charge in [-0.1, -0.05) is 13.3 Å². The molecule has 0 amide bonds. The minimum Gasteiger partial charge on any atom is -0.336 e. The molecule has 0 bridgehead atoms. The fraction of sp³-hybridized carbons (Fsp3) is 0.421. The molecule has 0 N–H and O–H groups in total. The van der Waals surface area contributed by atoms with Crippen molar-refractivity contribution in [1.82, 2.24) is 14.1 Å². The highest BCUT2D eigenvalue weighted by atomic mass is 19.4. The lowest BCUT2D eigenvalue weighted by Gasteiger charge is -2.11. The number of imidazole rings is 1. The standard InChI is InChI=1S/C19H20F3N3/c1-2-3-13-8-9-24(11-13)12-25-17-7-6-15(19(20,21)22)10-16(17)23-18(25)14-4-5-14/h6-11,14H,2-5,12H2,1H3. The normalized spacial score (nSPS) is 15.2. The van der Waals surface area contributed by atoms with Gasteiger partial charge in [0.25, 0.3) is 0 Å². The Kier molecular flexibility index (Phi) is 3.85. The van der Waals surface area contributed by atoms with E-state index in [0.717, 1.165) is 49.2 Å². The molecular weight excluding hydrogens is 327 g/mol. The van der Waals surface area contributed by atoms with Gasteiger partial charge >= 0.3 is 6.18 Å². The van der Waals surface area contributed by atoms with Crippen molar-refractivity contribution in [2.24, 2.45) is 0 Å². The molecule has 0 atom stereocenters. The fourth-order valence-electron chi connectivity index (χ4n) is 3.30. The van der Waals surface area contributed by atoms with E-state index in [2.05, 4.69) is 33.3 Å². The summed E-state index contributed by atoms with van der Waals surface area (Å²) in [6.45, 7) is 2.72. The quantitative estimate of drug-likeness (QED) is 0.622. The Morgan fingerprint density at radius 3 is 2.68 bits per heavy atom. The van der Waals surface area contributed by atoms with Crippen LogP contribution in [-0.2, 0) is 19.3 Å². The van der Waals surface area contributed by atoms with Crippen molar-refractivity contribution in [3.63, 3.8) is 0 Å². The minimum absolute atomic E-state index is 0.368. The van der Waals surface area contributed by atoms with Gasteiger partial charge in [-0.25, -0.2) is 4.98 Å². The third-order valence-electron chi connectivity index (χ3n) is 4.70. The molecule has 1 fully saturated rings. The number of hydrogen-bond acceptors (Lipinski definition) is 1. The first-order chi connectivity index (χ1) is 12.0. The predicted octanol–water partition coefficient (Wildman–Crippen LogP) is 5.19. The largest absolute Gasteiger partial charge is 0.416 e. The third-order valence-corrected chi connectivity index (χ3v) is 4.70. The molecule has 3 nitrogen and oxygen atoms in total. The fourth-order valence-corrected chi connectivity index (χ4v) is 3.30. The average molecular weight is 347 g/mol. The molecule has 1 aliphatic rings. The van der Waals surface area contributed by atoms with E-state index in [4.69, 9.17) is 0 Å². The Hall–Kier alpha value is -2.24. The summed E-state index contributed by atoms with van der Waals surface area (Å²) in [6.07, 6.45) is 4.03. The smallest absolute Gasteiger partial charge is 0.336 e. The minimum atomic E-state index is -4.34. The van der Waals surface area contributed by atoms with Gasteiger partial charge in [0.2, 0.25) is 0 Å². The van der Waals surface area contributed by atoms with Crippen LogP contribution in [-0.4, -0.2) is 14.1 Å². The maximum Gasteiger partial charge on any atom is 0.416 e. The topological polar surface area (TPSA) is 22.8 Å². The van der Waals surface area contributed by atoms with E-state index in [0.29, 0.717) is 18.1 Å². The van der Waals surface area contributed by atoms with Gasteiger partial charge < -0.3 is 9.13 Å². The molecule has 4 rings (SSSR count). The SMILES string of the molecule is CCCc1ccn(Cn2c(C3CC3)nc3cc(C(F)(F)F)ccc32)c1. The van der Waals surface area contributed by atoms with Crippen molar-refractivity contribution in [3.05, 3.63) is 53.6 Å². The zero-order chi connectivity index (χ0) is 17.6. The molecule has 1 saturated carbocycles. The van der Waals surface area contributed by atoms with Crippen molar-refractivity contribution in [2.75, 3.05) is 0 Å². The number of halogens is 3. The Morgan fingerprint density at radius 1 is 1.20 bits per heavy atom. The molecule has 132 valence electrons. The molecule has 0 spiro atoms. The highest BCUT2D eigenvalue weighted by Crippen LogP contribution is 2.41. The van der Waals surface area contributed by atoms with Crippen molar-refractivity contribution < 1.29 is 13.2 Å². The number of alkyl halides is 3. The second-order valence-corrected chi connectivity index (χ2v) is 6.80. The zero-order valence-corrected chi connectivity index (χ0v) is 14.1. The molecule has 0 saturated heterocycles. The van der Waals surface area contributed by atoms with Crippen LogP contribution in [0.25, 0.3) is 11.0 Å². The van der Waals surface area contributed by atoms with Crippen LogP contribution in [0.4, 0.5) is 13.2 Å². The van der Waals surface area contributed by atoms with Crippen LogP contribution >= 0.6 is 0 Å². The highest BCUT2D eigenvalue weighted by Gasteiger charge is 2.33. The molecule has 2 aromatic heterocycles. The Balaban J connectivity index is 1.74. The Morgan fingerprint density at radius 2 is 2.00 bits per heavy atom. The van der Waals surface area contributed by atoms with Gasteiger partial charge in [-0.15, -0.1) is 0 Å². The van der Waals surface area contributed by atoms with Gasteiger partial charge in [-0.3, -0.25) is 0 Å². The molecule has 3 aromatic rings. The third kappa shape index (κ3) is 3.17. The van der Waals surface area contributed by atoms with E-state index < -0.39 is 11.7 Å². The van der Waals surface area contributed by atoms with Gasteiger partial charge in [-0.05, 0) is 49.1 Å². The van der Waals surface area contributed by atoms with Crippen LogP contribution < -0.4 is 0 Å². The van der Waals surface area contributed by atoms with Crippen molar-refractivity contribution in [2.45, 2.75) is 51.4 Å². The number of hydrogen-bond donors (Lipinski definition) is 0. The van der Waals surface area contributed by atoms with E-state index in [1.54, 1.807) is 6.07 Å². The summed E-state index contributed by atoms with van der Waals surface area (Å²) in [7, 11) is 0. The summed E-state index contributed by atoms with van der Waals surface area (Å²) in [4.78, 5) is 4.54. The van der Waals surface area contributed by atoms with Gasteiger partial charge in [0.05, 0.1) is 16.6 Å². The monoisotopic (exact) mass is 347 g/mol. The van der Waals surface area contributed by atoms with E-state index in [1.807, 2.05) is 6.20 Å². The Labute approximate surface area is 144 Å². The molecular formula is C19H20F3N3. The molecule has 0 radical (unpaired) electrons. The molecule has 6 heteroatoms. The van der Waals surface area contributed by atoms with E-state index in [1.165, 1.54) is 5.56 Å². The van der Waals surface area contributed by atoms with Gasteiger partial charge in [0.1, 0.15) is 12.5 Å². The van der Waals surface area contributed by atoms with Crippen LogP contribution in [0.2, 0.25) is 0 Å². The summed E-state index contributed by atoms with van der Waals surface area (Å²) in [6, 6.07) is 5.96. The van der Waals surface area contributed by atoms with Gasteiger partial charge in [0.15, 0.2) is 0 Å². The first-order valence-electron chi connectivity index (χ1n) is 8.67. The molecule has 1 aliphatic carbocycles. The molecule has 0 aliphatic heterocycles. The first-order valence-corrected chi connectivity index (χ1v) is 8.67. The highest BCUT2D eigenvalue weighted by molar-refractivity contribution is 5.77. The van der Waals surface area contributed by atoms with Crippen LogP contribution in [0.5, 0.6) is 0 Å². The van der Waals surface area contributed by atoms with Crippen LogP contribution in [0, 0.1) is 0 Å². The van der Waals surface area contributed by atoms with E-state index >= 15 is 0 Å². The van der Waals surface area contributed by atoms with Crippen LogP contribution in [0.1, 0.15) is 49.1 Å². The number of rotatable bonds is 5. The van der Waals surface area contributed by atoms with Crippen LogP contribution in [0.15, 0.2) is 36.7 Å². The average Bonchev–Trinajstić information content (AvgIpc) is 3.21. The lowest BCUT2D eigenvalue weighted by atomic mass is 10.2. The lowest BCUT2D eigenvalue weighted by molar-refractivity contribution is -0.137.